The standard InChI is InChI=1S/C7H11O3P/c1-5(2)8-11-9-6(3)7(4)10-11/h1H2,2-4H3. The zero-order valence-corrected chi connectivity index (χ0v) is 7.77. The monoisotopic (exact) mass is 174 g/mol. The summed E-state index contributed by atoms with van der Waals surface area (Å²) < 4.78 is 15.6. The normalized spacial score (nSPS) is 17.7. The van der Waals surface area contributed by atoms with Gasteiger partial charge in [0.05, 0.1) is 5.76 Å². The van der Waals surface area contributed by atoms with E-state index < -0.39 is 8.60 Å². The molecule has 0 saturated carbocycles. The minimum atomic E-state index is -1.24. The maximum absolute atomic E-state index is 5.22. The van der Waals surface area contributed by atoms with Crippen molar-refractivity contribution in [1.29, 1.82) is 0 Å². The molecule has 1 aliphatic heterocycles. The van der Waals surface area contributed by atoms with E-state index in [0.717, 1.165) is 11.5 Å². The second-order valence-corrected chi connectivity index (χ2v) is 3.31. The van der Waals surface area contributed by atoms with Crippen LogP contribution in [0.5, 0.6) is 0 Å². The lowest BCUT2D eigenvalue weighted by atomic mass is 10.5. The van der Waals surface area contributed by atoms with Crippen LogP contribution in [0.1, 0.15) is 20.8 Å². The summed E-state index contributed by atoms with van der Waals surface area (Å²) >= 11 is 0. The van der Waals surface area contributed by atoms with E-state index in [1.807, 2.05) is 13.8 Å². The fourth-order valence-electron chi connectivity index (χ4n) is 0.535. The molecule has 0 fully saturated rings. The number of rotatable bonds is 2. The van der Waals surface area contributed by atoms with Crippen molar-refractivity contribution in [2.24, 2.45) is 0 Å². The highest BCUT2D eigenvalue weighted by molar-refractivity contribution is 7.42. The zero-order chi connectivity index (χ0) is 8.43. The molecule has 4 heteroatoms. The van der Waals surface area contributed by atoms with Gasteiger partial charge < -0.3 is 13.6 Å². The summed E-state index contributed by atoms with van der Waals surface area (Å²) in [5.74, 6) is 2.19. The molecule has 0 aromatic heterocycles. The van der Waals surface area contributed by atoms with Crippen LogP contribution >= 0.6 is 8.60 Å². The third-order valence-electron chi connectivity index (χ3n) is 1.15. The molecule has 0 aromatic rings. The maximum atomic E-state index is 5.22. The molecule has 0 radical (unpaired) electrons. The van der Waals surface area contributed by atoms with Crippen LogP contribution in [0.3, 0.4) is 0 Å². The first kappa shape index (κ1) is 8.41. The van der Waals surface area contributed by atoms with Gasteiger partial charge in [-0.15, -0.1) is 0 Å². The van der Waals surface area contributed by atoms with Crippen molar-refractivity contribution in [3.05, 3.63) is 23.9 Å². The van der Waals surface area contributed by atoms with Crippen molar-refractivity contribution in [1.82, 2.24) is 0 Å². The molecular weight excluding hydrogens is 163 g/mol. The van der Waals surface area contributed by atoms with Crippen molar-refractivity contribution in [3.8, 4) is 0 Å². The van der Waals surface area contributed by atoms with E-state index in [9.17, 15) is 0 Å². The summed E-state index contributed by atoms with van der Waals surface area (Å²) in [6.07, 6.45) is 0. The predicted molar refractivity (Wildman–Crippen MR) is 43.4 cm³/mol. The second-order valence-electron chi connectivity index (χ2n) is 2.31. The number of allylic oxidation sites excluding steroid dienone is 3. The predicted octanol–water partition coefficient (Wildman–Crippen LogP) is 3.06. The van der Waals surface area contributed by atoms with Crippen LogP contribution in [-0.2, 0) is 13.6 Å². The van der Waals surface area contributed by atoms with E-state index in [0.29, 0.717) is 5.76 Å². The molecule has 0 saturated heterocycles. The summed E-state index contributed by atoms with van der Waals surface area (Å²) in [4.78, 5) is 0. The third-order valence-corrected chi connectivity index (χ3v) is 2.46. The first-order valence-electron chi connectivity index (χ1n) is 3.26. The Balaban J connectivity index is 2.42. The van der Waals surface area contributed by atoms with Gasteiger partial charge in [-0.05, 0) is 20.8 Å². The summed E-state index contributed by atoms with van der Waals surface area (Å²) in [5, 5.41) is 0. The third kappa shape index (κ3) is 2.12. The van der Waals surface area contributed by atoms with Crippen molar-refractivity contribution >= 4 is 8.60 Å². The van der Waals surface area contributed by atoms with Crippen molar-refractivity contribution in [3.63, 3.8) is 0 Å². The smallest absolute Gasteiger partial charge is 0.414 e. The Morgan fingerprint density at radius 1 is 1.36 bits per heavy atom. The van der Waals surface area contributed by atoms with Crippen molar-refractivity contribution < 1.29 is 13.6 Å². The lowest BCUT2D eigenvalue weighted by Crippen LogP contribution is -1.81. The molecule has 62 valence electrons. The molecule has 1 heterocycles. The Hall–Kier alpha value is -0.690. The minimum Gasteiger partial charge on any atom is -0.414 e. The van der Waals surface area contributed by atoms with Crippen molar-refractivity contribution in [2.75, 3.05) is 0 Å². The first-order valence-corrected chi connectivity index (χ1v) is 4.36. The highest BCUT2D eigenvalue weighted by atomic mass is 31.2. The molecule has 1 aliphatic rings. The molecule has 0 N–H and O–H groups in total. The molecule has 0 unspecified atom stereocenters. The fourth-order valence-corrected chi connectivity index (χ4v) is 1.61. The van der Waals surface area contributed by atoms with Crippen LogP contribution in [0.4, 0.5) is 0 Å². The van der Waals surface area contributed by atoms with Gasteiger partial charge in [-0.3, -0.25) is 0 Å². The van der Waals surface area contributed by atoms with Crippen LogP contribution in [-0.4, -0.2) is 0 Å². The van der Waals surface area contributed by atoms with Gasteiger partial charge in [0.15, 0.2) is 0 Å². The van der Waals surface area contributed by atoms with E-state index in [1.165, 1.54) is 0 Å². The Morgan fingerprint density at radius 3 is 2.18 bits per heavy atom. The molecule has 11 heavy (non-hydrogen) atoms. The van der Waals surface area contributed by atoms with Crippen LogP contribution in [0.2, 0.25) is 0 Å². The molecule has 1 rings (SSSR count). The molecule has 3 nitrogen and oxygen atoms in total. The van der Waals surface area contributed by atoms with Crippen LogP contribution in [0, 0.1) is 0 Å². The molecule has 0 aromatic carbocycles. The maximum Gasteiger partial charge on any atom is 0.529 e. The summed E-state index contributed by atoms with van der Waals surface area (Å²) in [7, 11) is -1.24. The van der Waals surface area contributed by atoms with Crippen molar-refractivity contribution in [2.45, 2.75) is 20.8 Å². The first-order chi connectivity index (χ1) is 5.09. The number of hydrogen-bond acceptors (Lipinski definition) is 3. The van der Waals surface area contributed by atoms with Crippen LogP contribution < -0.4 is 0 Å². The minimum absolute atomic E-state index is 0.610. The molecule has 0 aliphatic carbocycles. The van der Waals surface area contributed by atoms with Gasteiger partial charge in [0.2, 0.25) is 0 Å². The van der Waals surface area contributed by atoms with Gasteiger partial charge in [-0.1, -0.05) is 6.58 Å². The highest BCUT2D eigenvalue weighted by Crippen LogP contribution is 2.51. The van der Waals surface area contributed by atoms with Crippen LogP contribution in [0.15, 0.2) is 23.9 Å². The second kappa shape index (κ2) is 3.14. The molecular formula is C7H11O3P. The molecule has 0 atom stereocenters. The van der Waals surface area contributed by atoms with E-state index in [4.69, 9.17) is 13.6 Å². The Kier molecular flexibility index (Phi) is 2.40. The Labute approximate surface area is 67.6 Å². The van der Waals surface area contributed by atoms with Gasteiger partial charge in [0.1, 0.15) is 11.5 Å². The van der Waals surface area contributed by atoms with Gasteiger partial charge in [-0.25, -0.2) is 0 Å². The summed E-state index contributed by atoms with van der Waals surface area (Å²) in [6, 6.07) is 0. The molecule has 0 amide bonds. The van der Waals surface area contributed by atoms with E-state index in [-0.39, 0.29) is 0 Å². The zero-order valence-electron chi connectivity index (χ0n) is 6.88. The largest absolute Gasteiger partial charge is 0.529 e. The SMILES string of the molecule is C=C(C)OP1OC(C)=C(C)O1. The quantitative estimate of drug-likeness (QED) is 0.475. The van der Waals surface area contributed by atoms with Gasteiger partial charge in [-0.2, -0.15) is 0 Å². The fraction of sp³-hybridized carbons (Fsp3) is 0.429. The summed E-state index contributed by atoms with van der Waals surface area (Å²) in [6.45, 7) is 9.04. The van der Waals surface area contributed by atoms with E-state index >= 15 is 0 Å². The van der Waals surface area contributed by atoms with E-state index in [1.54, 1.807) is 6.92 Å². The molecule has 0 spiro atoms. The lowest BCUT2D eigenvalue weighted by Gasteiger charge is -2.08. The number of hydrogen-bond donors (Lipinski definition) is 0. The topological polar surface area (TPSA) is 27.7 Å². The van der Waals surface area contributed by atoms with Gasteiger partial charge in [0.25, 0.3) is 0 Å². The lowest BCUT2D eigenvalue weighted by molar-refractivity contribution is 0.307. The molecule has 0 bridgehead atoms. The van der Waals surface area contributed by atoms with E-state index in [2.05, 4.69) is 6.58 Å². The van der Waals surface area contributed by atoms with Gasteiger partial charge in [0, 0.05) is 0 Å². The average molecular weight is 174 g/mol. The Bertz CT molecular complexity index is 196. The Morgan fingerprint density at radius 2 is 1.82 bits per heavy atom. The highest BCUT2D eigenvalue weighted by Gasteiger charge is 2.26. The van der Waals surface area contributed by atoms with Gasteiger partial charge >= 0.3 is 8.60 Å². The summed E-state index contributed by atoms with van der Waals surface area (Å²) in [5.41, 5.74) is 0. The van der Waals surface area contributed by atoms with Crippen LogP contribution in [0.25, 0.3) is 0 Å². The average Bonchev–Trinajstić information content (AvgIpc) is 2.10.